The zero-order chi connectivity index (χ0) is 9.97. The number of nitrogens with zero attached hydrogens (tertiary/aromatic N) is 2. The molecule has 0 amide bonds. The Morgan fingerprint density at radius 2 is 2.29 bits per heavy atom. The molecular formula is C9H11N3O2. The Hall–Kier alpha value is -1.65. The predicted octanol–water partition coefficient (Wildman–Crippen LogP) is 0.997. The summed E-state index contributed by atoms with van der Waals surface area (Å²) in [7, 11) is 0. The first-order chi connectivity index (χ1) is 6.75. The lowest BCUT2D eigenvalue weighted by atomic mass is 10.4. The van der Waals surface area contributed by atoms with Crippen molar-refractivity contribution in [3.8, 4) is 0 Å². The molecule has 0 aromatic carbocycles. The molecule has 2 rings (SSSR count). The molecule has 5 heteroatoms. The van der Waals surface area contributed by atoms with E-state index >= 15 is 0 Å². The van der Waals surface area contributed by atoms with Gasteiger partial charge in [-0.05, 0) is 30.9 Å². The van der Waals surface area contributed by atoms with Crippen LogP contribution in [-0.2, 0) is 0 Å². The number of hydrogen-bond acceptors (Lipinski definition) is 4. The molecular weight excluding hydrogens is 182 g/mol. The molecule has 1 aliphatic rings. The first kappa shape index (κ1) is 8.93. The van der Waals surface area contributed by atoms with Crippen LogP contribution >= 0.6 is 0 Å². The van der Waals surface area contributed by atoms with E-state index in [1.54, 1.807) is 6.07 Å². The molecule has 1 fully saturated rings. The molecule has 2 N–H and O–H groups in total. The van der Waals surface area contributed by atoms with Crippen molar-refractivity contribution in [1.29, 1.82) is 0 Å². The van der Waals surface area contributed by atoms with Crippen LogP contribution < -0.4 is 5.32 Å². The van der Waals surface area contributed by atoms with Gasteiger partial charge in [0.15, 0.2) is 5.69 Å². The van der Waals surface area contributed by atoms with E-state index in [9.17, 15) is 4.79 Å². The molecule has 1 saturated carbocycles. The second-order valence-electron chi connectivity index (χ2n) is 3.43. The topological polar surface area (TPSA) is 75.1 Å². The molecule has 0 spiro atoms. The first-order valence-electron chi connectivity index (χ1n) is 4.56. The van der Waals surface area contributed by atoms with E-state index in [0.29, 0.717) is 5.82 Å². The molecule has 1 aliphatic carbocycles. The van der Waals surface area contributed by atoms with Crippen LogP contribution in [0.1, 0.15) is 23.3 Å². The minimum atomic E-state index is -1.05. The Labute approximate surface area is 81.2 Å². The molecule has 0 radical (unpaired) electrons. The molecule has 0 atom stereocenters. The zero-order valence-corrected chi connectivity index (χ0v) is 7.60. The second-order valence-corrected chi connectivity index (χ2v) is 3.43. The normalized spacial score (nSPS) is 15.1. The molecule has 14 heavy (non-hydrogen) atoms. The molecule has 5 nitrogen and oxygen atoms in total. The van der Waals surface area contributed by atoms with E-state index in [-0.39, 0.29) is 5.69 Å². The van der Waals surface area contributed by atoms with Crippen LogP contribution in [-0.4, -0.2) is 27.8 Å². The lowest BCUT2D eigenvalue weighted by Crippen LogP contribution is -2.08. The zero-order valence-electron chi connectivity index (χ0n) is 7.60. The van der Waals surface area contributed by atoms with Crippen LogP contribution in [0, 0.1) is 5.92 Å². The van der Waals surface area contributed by atoms with Crippen LogP contribution in [0.3, 0.4) is 0 Å². The third-order valence-corrected chi connectivity index (χ3v) is 2.15. The van der Waals surface area contributed by atoms with E-state index in [1.165, 1.54) is 18.9 Å². The number of nitrogens with one attached hydrogen (secondary N) is 1. The highest BCUT2D eigenvalue weighted by atomic mass is 16.4. The number of carboxylic acids is 1. The number of aromatic carboxylic acids is 1. The molecule has 0 aliphatic heterocycles. The fourth-order valence-corrected chi connectivity index (χ4v) is 1.11. The molecule has 0 unspecified atom stereocenters. The highest BCUT2D eigenvalue weighted by Crippen LogP contribution is 2.28. The lowest BCUT2D eigenvalue weighted by Gasteiger charge is -2.02. The van der Waals surface area contributed by atoms with Crippen LogP contribution in [0.15, 0.2) is 12.1 Å². The minimum absolute atomic E-state index is 0.0260. The molecule has 0 saturated heterocycles. The Kier molecular flexibility index (Phi) is 2.30. The second kappa shape index (κ2) is 3.61. The van der Waals surface area contributed by atoms with Gasteiger partial charge in [-0.1, -0.05) is 0 Å². The smallest absolute Gasteiger partial charge is 0.356 e. The van der Waals surface area contributed by atoms with Gasteiger partial charge in [0.05, 0.1) is 0 Å². The van der Waals surface area contributed by atoms with Gasteiger partial charge in [0.1, 0.15) is 5.82 Å². The maximum Gasteiger partial charge on any atom is 0.356 e. The summed E-state index contributed by atoms with van der Waals surface area (Å²) in [4.78, 5) is 10.5. The highest BCUT2D eigenvalue weighted by molar-refractivity contribution is 5.85. The molecule has 0 bridgehead atoms. The summed E-state index contributed by atoms with van der Waals surface area (Å²) in [5.74, 6) is 0.351. The number of aromatic nitrogens is 2. The molecule has 1 heterocycles. The average molecular weight is 193 g/mol. The summed E-state index contributed by atoms with van der Waals surface area (Å²) in [6.07, 6.45) is 2.54. The number of hydrogen-bond donors (Lipinski definition) is 2. The third-order valence-electron chi connectivity index (χ3n) is 2.15. The van der Waals surface area contributed by atoms with E-state index in [2.05, 4.69) is 15.5 Å². The van der Waals surface area contributed by atoms with Gasteiger partial charge in [0.2, 0.25) is 0 Å². The maximum atomic E-state index is 10.5. The van der Waals surface area contributed by atoms with Crippen LogP contribution in [0.2, 0.25) is 0 Å². The van der Waals surface area contributed by atoms with Crippen molar-refractivity contribution < 1.29 is 9.90 Å². The quantitative estimate of drug-likeness (QED) is 0.746. The number of carboxylic acid groups (broad SMARTS) is 1. The Balaban J connectivity index is 1.94. The summed E-state index contributed by atoms with van der Waals surface area (Å²) >= 11 is 0. The Morgan fingerprint density at radius 1 is 1.50 bits per heavy atom. The van der Waals surface area contributed by atoms with E-state index in [1.807, 2.05) is 0 Å². The third kappa shape index (κ3) is 2.18. The number of rotatable bonds is 4. The van der Waals surface area contributed by atoms with E-state index in [0.717, 1.165) is 12.5 Å². The van der Waals surface area contributed by atoms with Crippen molar-refractivity contribution in [1.82, 2.24) is 10.2 Å². The maximum absolute atomic E-state index is 10.5. The SMILES string of the molecule is O=C(O)c1ccc(NCC2CC2)nn1. The van der Waals surface area contributed by atoms with Crippen LogP contribution in [0.5, 0.6) is 0 Å². The monoisotopic (exact) mass is 193 g/mol. The van der Waals surface area contributed by atoms with Gasteiger partial charge < -0.3 is 10.4 Å². The molecule has 1 aromatic rings. The summed E-state index contributed by atoms with van der Waals surface area (Å²) in [5.41, 5.74) is -0.0260. The van der Waals surface area contributed by atoms with E-state index in [4.69, 9.17) is 5.11 Å². The van der Waals surface area contributed by atoms with Crippen molar-refractivity contribution in [2.45, 2.75) is 12.8 Å². The van der Waals surface area contributed by atoms with Crippen LogP contribution in [0.4, 0.5) is 5.82 Å². The average Bonchev–Trinajstić information content (AvgIpc) is 2.99. The fourth-order valence-electron chi connectivity index (χ4n) is 1.11. The summed E-state index contributed by atoms with van der Waals surface area (Å²) in [5, 5.41) is 19.0. The standard InChI is InChI=1S/C9H11N3O2/c13-9(14)7-3-4-8(12-11-7)10-5-6-1-2-6/h3-4,6H,1-2,5H2,(H,10,12)(H,13,14). The molecule has 74 valence electrons. The van der Waals surface area contributed by atoms with Crippen LogP contribution in [0.25, 0.3) is 0 Å². The number of carbonyl (C=O) groups is 1. The van der Waals surface area contributed by atoms with Crippen molar-refractivity contribution in [2.75, 3.05) is 11.9 Å². The van der Waals surface area contributed by atoms with Crippen molar-refractivity contribution in [2.24, 2.45) is 5.92 Å². The predicted molar refractivity (Wildman–Crippen MR) is 50.2 cm³/mol. The summed E-state index contributed by atoms with van der Waals surface area (Å²) < 4.78 is 0. The fraction of sp³-hybridized carbons (Fsp3) is 0.444. The first-order valence-corrected chi connectivity index (χ1v) is 4.56. The minimum Gasteiger partial charge on any atom is -0.476 e. The lowest BCUT2D eigenvalue weighted by molar-refractivity contribution is 0.0689. The van der Waals surface area contributed by atoms with E-state index < -0.39 is 5.97 Å². The van der Waals surface area contributed by atoms with Gasteiger partial charge in [-0.2, -0.15) is 0 Å². The van der Waals surface area contributed by atoms with Gasteiger partial charge in [-0.3, -0.25) is 0 Å². The van der Waals surface area contributed by atoms with Gasteiger partial charge in [0, 0.05) is 6.54 Å². The molecule has 1 aromatic heterocycles. The summed E-state index contributed by atoms with van der Waals surface area (Å²) in [6.45, 7) is 0.904. The number of anilines is 1. The van der Waals surface area contributed by atoms with Crippen molar-refractivity contribution in [3.05, 3.63) is 17.8 Å². The van der Waals surface area contributed by atoms with Crippen molar-refractivity contribution in [3.63, 3.8) is 0 Å². The van der Waals surface area contributed by atoms with Gasteiger partial charge >= 0.3 is 5.97 Å². The Morgan fingerprint density at radius 3 is 2.79 bits per heavy atom. The Bertz CT molecular complexity index is 332. The van der Waals surface area contributed by atoms with Gasteiger partial charge in [0.25, 0.3) is 0 Å². The van der Waals surface area contributed by atoms with Crippen molar-refractivity contribution >= 4 is 11.8 Å². The highest BCUT2D eigenvalue weighted by Gasteiger charge is 2.20. The summed E-state index contributed by atoms with van der Waals surface area (Å²) in [6, 6.07) is 3.09. The van der Waals surface area contributed by atoms with Gasteiger partial charge in [-0.15, -0.1) is 10.2 Å². The van der Waals surface area contributed by atoms with Gasteiger partial charge in [-0.25, -0.2) is 4.79 Å². The largest absolute Gasteiger partial charge is 0.476 e.